The highest BCUT2D eigenvalue weighted by Crippen LogP contribution is 2.16. The number of hydrogen-bond donors (Lipinski definition) is 2. The van der Waals surface area contributed by atoms with Crippen molar-refractivity contribution in [2.24, 2.45) is 0 Å². The summed E-state index contributed by atoms with van der Waals surface area (Å²) >= 11 is 0. The number of hydrogen-bond acceptors (Lipinski definition) is 6. The third-order valence-corrected chi connectivity index (χ3v) is 3.59. The predicted molar refractivity (Wildman–Crippen MR) is 71.0 cm³/mol. The Kier molecular flexibility index (Phi) is 4.42. The molecule has 0 aliphatic carbocycles. The van der Waals surface area contributed by atoms with Crippen LogP contribution < -0.4 is 4.72 Å². The van der Waals surface area contributed by atoms with E-state index >= 15 is 0 Å². The number of nitrogens with zero attached hydrogens (tertiary/aromatic N) is 3. The van der Waals surface area contributed by atoms with Crippen molar-refractivity contribution in [3.63, 3.8) is 0 Å². The molecule has 0 aliphatic rings. The summed E-state index contributed by atoms with van der Waals surface area (Å²) in [5.74, 6) is 3.61. The molecule has 0 saturated carbocycles. The molecule has 21 heavy (non-hydrogen) atoms. The van der Waals surface area contributed by atoms with E-state index < -0.39 is 22.4 Å². The second-order valence-corrected chi connectivity index (χ2v) is 5.36. The van der Waals surface area contributed by atoms with Crippen LogP contribution in [-0.4, -0.2) is 35.3 Å². The van der Waals surface area contributed by atoms with Crippen molar-refractivity contribution in [1.29, 1.82) is 0 Å². The molecule has 108 valence electrons. The first-order valence-corrected chi connectivity index (χ1v) is 7.07. The van der Waals surface area contributed by atoms with E-state index in [1.54, 1.807) is 0 Å². The minimum Gasteiger partial charge on any atom is -0.384 e. The van der Waals surface area contributed by atoms with Crippen molar-refractivity contribution in [3.8, 4) is 11.8 Å². The quantitative estimate of drug-likeness (QED) is 0.782. The minimum absolute atomic E-state index is 0.0133. The normalized spacial score (nSPS) is 10.6. The third-order valence-electron chi connectivity index (χ3n) is 2.26. The van der Waals surface area contributed by atoms with Crippen molar-refractivity contribution < 1.29 is 17.9 Å². The number of aromatic nitrogens is 3. The fourth-order valence-corrected chi connectivity index (χ4v) is 2.33. The van der Waals surface area contributed by atoms with Crippen molar-refractivity contribution in [3.05, 3.63) is 42.0 Å². The van der Waals surface area contributed by atoms with Crippen LogP contribution in [0.4, 0.5) is 10.3 Å². The lowest BCUT2D eigenvalue weighted by atomic mass is 10.2. The summed E-state index contributed by atoms with van der Waals surface area (Å²) in [4.78, 5) is 3.36. The summed E-state index contributed by atoms with van der Waals surface area (Å²) in [6.45, 7) is -0.417. The van der Waals surface area contributed by atoms with Gasteiger partial charge < -0.3 is 5.11 Å². The maximum atomic E-state index is 13.7. The molecule has 1 heterocycles. The van der Waals surface area contributed by atoms with E-state index in [2.05, 4.69) is 31.7 Å². The summed E-state index contributed by atoms with van der Waals surface area (Å²) in [6, 6.07) is 3.21. The van der Waals surface area contributed by atoms with Gasteiger partial charge in [0.25, 0.3) is 16.0 Å². The van der Waals surface area contributed by atoms with Gasteiger partial charge in [0.2, 0.25) is 0 Å². The molecule has 0 amide bonds. The number of sulfonamides is 1. The summed E-state index contributed by atoms with van der Waals surface area (Å²) < 4.78 is 39.8. The smallest absolute Gasteiger partial charge is 0.264 e. The van der Waals surface area contributed by atoms with Crippen LogP contribution in [0.25, 0.3) is 0 Å². The van der Waals surface area contributed by atoms with Gasteiger partial charge in [-0.05, 0) is 18.2 Å². The maximum absolute atomic E-state index is 13.7. The molecule has 0 unspecified atom stereocenters. The van der Waals surface area contributed by atoms with Crippen LogP contribution in [0, 0.1) is 17.7 Å². The molecule has 0 bridgehead atoms. The average Bonchev–Trinajstić information content (AvgIpc) is 2.46. The zero-order valence-corrected chi connectivity index (χ0v) is 11.3. The number of aliphatic hydroxyl groups excluding tert-OH is 1. The number of benzene rings is 1. The zero-order chi connectivity index (χ0) is 15.3. The Labute approximate surface area is 119 Å². The molecular weight excluding hydrogens is 299 g/mol. The summed E-state index contributed by atoms with van der Waals surface area (Å²) in [5.41, 5.74) is -0.0133. The molecule has 1 aromatic heterocycles. The van der Waals surface area contributed by atoms with Gasteiger partial charge in [-0.3, -0.25) is 0 Å². The van der Waals surface area contributed by atoms with E-state index in [-0.39, 0.29) is 16.4 Å². The van der Waals surface area contributed by atoms with Crippen LogP contribution in [0.5, 0.6) is 0 Å². The highest BCUT2D eigenvalue weighted by atomic mass is 32.2. The van der Waals surface area contributed by atoms with Gasteiger partial charge in [-0.25, -0.2) is 22.5 Å². The number of aliphatic hydroxyl groups is 1. The Bertz CT molecular complexity index is 800. The Balaban J connectivity index is 2.31. The van der Waals surface area contributed by atoms with Crippen LogP contribution >= 0.6 is 0 Å². The lowest BCUT2D eigenvalue weighted by molar-refractivity contribution is 0.350. The summed E-state index contributed by atoms with van der Waals surface area (Å²) in [5, 5.41) is 15.5. The Hall–Kier alpha value is -2.57. The molecule has 0 atom stereocenters. The van der Waals surface area contributed by atoms with E-state index in [4.69, 9.17) is 5.11 Å². The molecule has 7 nitrogen and oxygen atoms in total. The van der Waals surface area contributed by atoms with Gasteiger partial charge in [0.15, 0.2) is 0 Å². The van der Waals surface area contributed by atoms with Crippen molar-refractivity contribution >= 4 is 16.0 Å². The topological polar surface area (TPSA) is 105 Å². The average molecular weight is 308 g/mol. The Morgan fingerprint density at radius 2 is 2.14 bits per heavy atom. The van der Waals surface area contributed by atoms with Gasteiger partial charge in [0.1, 0.15) is 12.4 Å². The van der Waals surface area contributed by atoms with Crippen molar-refractivity contribution in [2.45, 2.75) is 4.90 Å². The molecule has 2 N–H and O–H groups in total. The molecule has 2 aromatic rings. The number of anilines is 1. The second-order valence-electron chi connectivity index (χ2n) is 3.67. The van der Waals surface area contributed by atoms with E-state index in [1.807, 2.05) is 0 Å². The second kappa shape index (κ2) is 6.25. The molecule has 0 spiro atoms. The molecule has 0 saturated heterocycles. The number of rotatable bonds is 3. The van der Waals surface area contributed by atoms with E-state index in [9.17, 15) is 12.8 Å². The molecular formula is C12H9FN4O3S. The lowest BCUT2D eigenvalue weighted by Gasteiger charge is -2.06. The highest BCUT2D eigenvalue weighted by molar-refractivity contribution is 7.92. The molecule has 0 radical (unpaired) electrons. The fraction of sp³-hybridized carbons (Fsp3) is 0.0833. The van der Waals surface area contributed by atoms with Gasteiger partial charge in [-0.1, -0.05) is 11.8 Å². The van der Waals surface area contributed by atoms with Gasteiger partial charge >= 0.3 is 0 Å². The predicted octanol–water partition coefficient (Wildman–Crippen LogP) is 0.155. The molecule has 1 aromatic carbocycles. The molecule has 0 aliphatic heterocycles. The van der Waals surface area contributed by atoms with E-state index in [1.165, 1.54) is 24.5 Å². The summed E-state index contributed by atoms with van der Waals surface area (Å²) in [6.07, 6.45) is 2.55. The van der Waals surface area contributed by atoms with Gasteiger partial charge in [0.05, 0.1) is 22.9 Å². The minimum atomic E-state index is -4.03. The standard InChI is InChI=1S/C12H9FN4O3S/c13-11-8-10(4-3-9(11)2-1-7-18)21(19,20)17-12-14-5-6-15-16-12/h3-6,8,18H,7H2,(H,14,16,17). The van der Waals surface area contributed by atoms with Crippen molar-refractivity contribution in [2.75, 3.05) is 11.3 Å². The van der Waals surface area contributed by atoms with Crippen LogP contribution in [0.2, 0.25) is 0 Å². The number of nitrogens with one attached hydrogen (secondary N) is 1. The van der Waals surface area contributed by atoms with Crippen LogP contribution in [0.1, 0.15) is 5.56 Å². The van der Waals surface area contributed by atoms with Gasteiger partial charge in [-0.2, -0.15) is 5.10 Å². The van der Waals surface area contributed by atoms with Gasteiger partial charge in [0, 0.05) is 0 Å². The first kappa shape index (κ1) is 14.8. The van der Waals surface area contributed by atoms with Crippen LogP contribution in [0.15, 0.2) is 35.5 Å². The van der Waals surface area contributed by atoms with Crippen LogP contribution in [-0.2, 0) is 10.0 Å². The Morgan fingerprint density at radius 3 is 2.76 bits per heavy atom. The monoisotopic (exact) mass is 308 g/mol. The van der Waals surface area contributed by atoms with Crippen LogP contribution in [0.3, 0.4) is 0 Å². The largest absolute Gasteiger partial charge is 0.384 e. The SMILES string of the molecule is O=S(=O)(Nc1nccnn1)c1ccc(C#CCO)c(F)c1. The maximum Gasteiger partial charge on any atom is 0.264 e. The third kappa shape index (κ3) is 3.71. The van der Waals surface area contributed by atoms with Crippen molar-refractivity contribution in [1.82, 2.24) is 15.2 Å². The first-order chi connectivity index (χ1) is 10.0. The fourth-order valence-electron chi connectivity index (χ4n) is 1.37. The van der Waals surface area contributed by atoms with E-state index in [0.29, 0.717) is 0 Å². The first-order valence-electron chi connectivity index (χ1n) is 5.59. The highest BCUT2D eigenvalue weighted by Gasteiger charge is 2.17. The molecule has 0 fully saturated rings. The van der Waals surface area contributed by atoms with Gasteiger partial charge in [-0.15, -0.1) is 5.10 Å². The lowest BCUT2D eigenvalue weighted by Crippen LogP contribution is -2.15. The summed E-state index contributed by atoms with van der Waals surface area (Å²) in [7, 11) is -4.03. The molecule has 2 rings (SSSR count). The number of halogens is 1. The zero-order valence-electron chi connectivity index (χ0n) is 10.5. The Morgan fingerprint density at radius 1 is 1.33 bits per heavy atom. The molecule has 9 heteroatoms. The van der Waals surface area contributed by atoms with E-state index in [0.717, 1.165) is 6.07 Å².